The van der Waals surface area contributed by atoms with Crippen LogP contribution in [0.15, 0.2) is 18.2 Å². The van der Waals surface area contributed by atoms with E-state index < -0.39 is 0 Å². The Morgan fingerprint density at radius 2 is 2.15 bits per heavy atom. The molecule has 0 fully saturated rings. The fourth-order valence-corrected chi connectivity index (χ4v) is 1.66. The zero-order chi connectivity index (χ0) is 9.84. The van der Waals surface area contributed by atoms with Gasteiger partial charge in [0.05, 0.1) is 0 Å². The summed E-state index contributed by atoms with van der Waals surface area (Å²) in [5.41, 5.74) is 7.27. The summed E-state index contributed by atoms with van der Waals surface area (Å²) in [4.78, 5) is 0. The molecule has 0 saturated heterocycles. The molecular formula is C11H16FN. The minimum absolute atomic E-state index is 0.110. The first-order valence-electron chi connectivity index (χ1n) is 4.62. The Morgan fingerprint density at radius 3 is 2.69 bits per heavy atom. The standard InChI is InChI=1S/C11H16FN/c1-8-4-3-5-10(12)11(8)9(2)6-7-13/h3-5,9H,6-7,13H2,1-2H3. The van der Waals surface area contributed by atoms with Crippen LogP contribution in [0.3, 0.4) is 0 Å². The Labute approximate surface area is 78.8 Å². The maximum Gasteiger partial charge on any atom is 0.126 e. The van der Waals surface area contributed by atoms with Gasteiger partial charge in [0, 0.05) is 0 Å². The zero-order valence-corrected chi connectivity index (χ0v) is 8.18. The summed E-state index contributed by atoms with van der Waals surface area (Å²) >= 11 is 0. The molecule has 1 atom stereocenters. The maximum absolute atomic E-state index is 13.4. The molecule has 0 radical (unpaired) electrons. The number of hydrogen-bond acceptors (Lipinski definition) is 1. The van der Waals surface area contributed by atoms with Crippen molar-refractivity contribution in [2.45, 2.75) is 26.2 Å². The first-order chi connectivity index (χ1) is 6.16. The minimum Gasteiger partial charge on any atom is -0.330 e. The van der Waals surface area contributed by atoms with Crippen LogP contribution < -0.4 is 5.73 Å². The number of rotatable bonds is 3. The predicted octanol–water partition coefficient (Wildman–Crippen LogP) is 2.59. The van der Waals surface area contributed by atoms with Crippen LogP contribution in [-0.2, 0) is 0 Å². The molecule has 0 heterocycles. The van der Waals surface area contributed by atoms with Crippen LogP contribution in [0.25, 0.3) is 0 Å². The van der Waals surface area contributed by atoms with E-state index in [9.17, 15) is 4.39 Å². The number of benzene rings is 1. The average Bonchev–Trinajstić information content (AvgIpc) is 2.04. The van der Waals surface area contributed by atoms with Crippen molar-refractivity contribution in [2.24, 2.45) is 5.73 Å². The van der Waals surface area contributed by atoms with Gasteiger partial charge in [-0.3, -0.25) is 0 Å². The largest absolute Gasteiger partial charge is 0.330 e. The summed E-state index contributed by atoms with van der Waals surface area (Å²) in [7, 11) is 0. The second-order valence-corrected chi connectivity index (χ2v) is 3.45. The van der Waals surface area contributed by atoms with E-state index in [0.717, 1.165) is 17.5 Å². The molecule has 0 aliphatic heterocycles. The molecule has 0 spiro atoms. The molecule has 0 bridgehead atoms. The Morgan fingerprint density at radius 1 is 1.46 bits per heavy atom. The van der Waals surface area contributed by atoms with Crippen LogP contribution in [0.1, 0.15) is 30.4 Å². The van der Waals surface area contributed by atoms with Crippen molar-refractivity contribution in [1.82, 2.24) is 0 Å². The summed E-state index contributed by atoms with van der Waals surface area (Å²) in [6, 6.07) is 5.18. The number of hydrogen-bond donors (Lipinski definition) is 1. The van der Waals surface area contributed by atoms with E-state index in [-0.39, 0.29) is 11.7 Å². The quantitative estimate of drug-likeness (QED) is 0.762. The van der Waals surface area contributed by atoms with Crippen molar-refractivity contribution in [3.05, 3.63) is 35.1 Å². The number of nitrogens with two attached hydrogens (primary N) is 1. The van der Waals surface area contributed by atoms with Gasteiger partial charge in [0.15, 0.2) is 0 Å². The Bertz CT molecular complexity index is 263. The number of halogens is 1. The van der Waals surface area contributed by atoms with Crippen molar-refractivity contribution < 1.29 is 4.39 Å². The fourth-order valence-electron chi connectivity index (χ4n) is 1.66. The van der Waals surface area contributed by atoms with Crippen LogP contribution in [0, 0.1) is 12.7 Å². The monoisotopic (exact) mass is 181 g/mol. The van der Waals surface area contributed by atoms with Crippen LogP contribution in [0.4, 0.5) is 4.39 Å². The van der Waals surface area contributed by atoms with E-state index in [4.69, 9.17) is 5.73 Å². The lowest BCUT2D eigenvalue weighted by atomic mass is 9.93. The third-order valence-electron chi connectivity index (χ3n) is 2.36. The highest BCUT2D eigenvalue weighted by atomic mass is 19.1. The molecule has 2 N–H and O–H groups in total. The van der Waals surface area contributed by atoms with Crippen molar-refractivity contribution in [3.8, 4) is 0 Å². The van der Waals surface area contributed by atoms with Crippen LogP contribution in [0.2, 0.25) is 0 Å². The van der Waals surface area contributed by atoms with Gasteiger partial charge < -0.3 is 5.73 Å². The first-order valence-corrected chi connectivity index (χ1v) is 4.62. The molecule has 1 unspecified atom stereocenters. The van der Waals surface area contributed by atoms with Gasteiger partial charge >= 0.3 is 0 Å². The SMILES string of the molecule is Cc1cccc(F)c1C(C)CCN. The van der Waals surface area contributed by atoms with Crippen molar-refractivity contribution in [1.29, 1.82) is 0 Å². The number of aryl methyl sites for hydroxylation is 1. The average molecular weight is 181 g/mol. The molecule has 1 nitrogen and oxygen atoms in total. The lowest BCUT2D eigenvalue weighted by Crippen LogP contribution is -2.07. The fraction of sp³-hybridized carbons (Fsp3) is 0.455. The van der Waals surface area contributed by atoms with Gasteiger partial charge in [-0.15, -0.1) is 0 Å². The maximum atomic E-state index is 13.4. The minimum atomic E-state index is -0.110. The highest BCUT2D eigenvalue weighted by Gasteiger charge is 2.11. The van der Waals surface area contributed by atoms with Gasteiger partial charge in [-0.1, -0.05) is 19.1 Å². The van der Waals surface area contributed by atoms with Gasteiger partial charge in [0.25, 0.3) is 0 Å². The van der Waals surface area contributed by atoms with E-state index in [2.05, 4.69) is 0 Å². The molecule has 72 valence electrons. The summed E-state index contributed by atoms with van der Waals surface area (Å²) in [5.74, 6) is 0.104. The molecule has 1 aromatic rings. The van der Waals surface area contributed by atoms with E-state index in [1.807, 2.05) is 19.9 Å². The molecular weight excluding hydrogens is 165 g/mol. The molecule has 1 rings (SSSR count). The summed E-state index contributed by atoms with van der Waals surface area (Å²) in [6.45, 7) is 4.55. The van der Waals surface area contributed by atoms with Crippen LogP contribution in [0.5, 0.6) is 0 Å². The molecule has 2 heteroatoms. The van der Waals surface area contributed by atoms with Gasteiger partial charge in [-0.05, 0) is 43.0 Å². The Balaban J connectivity index is 2.98. The van der Waals surface area contributed by atoms with Gasteiger partial charge in [0.2, 0.25) is 0 Å². The molecule has 0 aliphatic carbocycles. The summed E-state index contributed by atoms with van der Waals surface area (Å²) in [6.07, 6.45) is 0.835. The molecule has 0 saturated carbocycles. The van der Waals surface area contributed by atoms with E-state index in [1.54, 1.807) is 6.07 Å². The van der Waals surface area contributed by atoms with Crippen molar-refractivity contribution >= 4 is 0 Å². The summed E-state index contributed by atoms with van der Waals surface area (Å²) < 4.78 is 13.4. The second kappa shape index (κ2) is 4.38. The van der Waals surface area contributed by atoms with E-state index >= 15 is 0 Å². The molecule has 1 aromatic carbocycles. The molecule has 0 amide bonds. The Hall–Kier alpha value is -0.890. The normalized spacial score (nSPS) is 12.9. The molecule has 0 aromatic heterocycles. The Kier molecular flexibility index (Phi) is 3.43. The predicted molar refractivity (Wildman–Crippen MR) is 53.2 cm³/mol. The van der Waals surface area contributed by atoms with E-state index in [1.165, 1.54) is 6.07 Å². The van der Waals surface area contributed by atoms with Crippen molar-refractivity contribution in [2.75, 3.05) is 6.54 Å². The highest BCUT2D eigenvalue weighted by Crippen LogP contribution is 2.24. The van der Waals surface area contributed by atoms with Crippen LogP contribution in [-0.4, -0.2) is 6.54 Å². The van der Waals surface area contributed by atoms with Crippen molar-refractivity contribution in [3.63, 3.8) is 0 Å². The van der Waals surface area contributed by atoms with Crippen LogP contribution >= 0.6 is 0 Å². The first kappa shape index (κ1) is 10.2. The van der Waals surface area contributed by atoms with E-state index in [0.29, 0.717) is 6.54 Å². The topological polar surface area (TPSA) is 26.0 Å². The lowest BCUT2D eigenvalue weighted by molar-refractivity contribution is 0.574. The van der Waals surface area contributed by atoms with Gasteiger partial charge in [-0.2, -0.15) is 0 Å². The third kappa shape index (κ3) is 2.28. The zero-order valence-electron chi connectivity index (χ0n) is 8.18. The molecule has 13 heavy (non-hydrogen) atoms. The smallest absolute Gasteiger partial charge is 0.126 e. The summed E-state index contributed by atoms with van der Waals surface area (Å²) in [5, 5.41) is 0. The lowest BCUT2D eigenvalue weighted by Gasteiger charge is -2.14. The van der Waals surface area contributed by atoms with Gasteiger partial charge in [0.1, 0.15) is 5.82 Å². The second-order valence-electron chi connectivity index (χ2n) is 3.45. The highest BCUT2D eigenvalue weighted by molar-refractivity contribution is 5.30. The molecule has 0 aliphatic rings. The van der Waals surface area contributed by atoms with Gasteiger partial charge in [-0.25, -0.2) is 4.39 Å². The third-order valence-corrected chi connectivity index (χ3v) is 2.36.